The summed E-state index contributed by atoms with van der Waals surface area (Å²) in [5, 5.41) is 0. The third-order valence-electron chi connectivity index (χ3n) is 11.9. The van der Waals surface area contributed by atoms with Crippen molar-refractivity contribution in [1.29, 1.82) is 0 Å². The Hall–Kier alpha value is -3.19. The van der Waals surface area contributed by atoms with Gasteiger partial charge >= 0.3 is 0 Å². The third-order valence-corrected chi connectivity index (χ3v) is 13.7. The lowest BCUT2D eigenvalue weighted by atomic mass is 9.48. The molecule has 0 bridgehead atoms. The Balaban J connectivity index is 1.88. The summed E-state index contributed by atoms with van der Waals surface area (Å²) in [5.41, 5.74) is 17.5. The molecule has 3 aliphatic rings. The molecule has 252 valence electrons. The minimum Gasteiger partial charge on any atom is -0.495 e. The topological polar surface area (TPSA) is 18.5 Å². The largest absolute Gasteiger partial charge is 0.495 e. The van der Waals surface area contributed by atoms with Gasteiger partial charge in [0.2, 0.25) is 0 Å². The fourth-order valence-electron chi connectivity index (χ4n) is 10.7. The van der Waals surface area contributed by atoms with Gasteiger partial charge in [0.25, 0.3) is 0 Å². The second-order valence-electron chi connectivity index (χ2n) is 16.8. The summed E-state index contributed by atoms with van der Waals surface area (Å²) in [6.45, 7) is 23.7. The molecule has 0 saturated heterocycles. The molecule has 3 aromatic rings. The van der Waals surface area contributed by atoms with E-state index in [0.717, 1.165) is 61.2 Å². The Morgan fingerprint density at radius 3 is 1.19 bits per heavy atom. The van der Waals surface area contributed by atoms with Crippen LogP contribution in [0.1, 0.15) is 111 Å². The lowest BCUT2D eigenvalue weighted by molar-refractivity contribution is 0.0539. The molecular weight excluding hydrogens is 617 g/mol. The third kappa shape index (κ3) is 4.37. The van der Waals surface area contributed by atoms with Crippen LogP contribution in [-0.2, 0) is 16.2 Å². The van der Waals surface area contributed by atoms with Crippen molar-refractivity contribution in [2.45, 2.75) is 122 Å². The molecule has 6 rings (SSSR count). The van der Waals surface area contributed by atoms with E-state index in [4.69, 9.17) is 9.47 Å². The summed E-state index contributed by atoms with van der Waals surface area (Å²) in [6.07, 6.45) is 6.51. The van der Waals surface area contributed by atoms with E-state index in [1.54, 1.807) is 0 Å². The van der Waals surface area contributed by atoms with Crippen LogP contribution in [0.5, 0.6) is 11.5 Å². The van der Waals surface area contributed by atoms with Crippen LogP contribution in [0.4, 0.5) is 0 Å². The van der Waals surface area contributed by atoms with Gasteiger partial charge in [0.05, 0.1) is 25.3 Å². The molecule has 2 nitrogen and oxygen atoms in total. The van der Waals surface area contributed by atoms with E-state index < -0.39 is 16.1 Å². The van der Waals surface area contributed by atoms with Gasteiger partial charge in [-0.25, -0.2) is 0 Å². The van der Waals surface area contributed by atoms with Crippen molar-refractivity contribution in [2.75, 3.05) is 14.2 Å². The number of benzene rings is 3. The van der Waals surface area contributed by atoms with Crippen molar-refractivity contribution >= 4 is 16.1 Å². The Morgan fingerprint density at radius 2 is 0.875 bits per heavy atom. The maximum atomic E-state index is 6.25. The second-order valence-corrected chi connectivity index (χ2v) is 26.3. The van der Waals surface area contributed by atoms with Crippen molar-refractivity contribution in [3.63, 3.8) is 0 Å². The normalized spacial score (nSPS) is 26.0. The van der Waals surface area contributed by atoms with Crippen LogP contribution in [0.25, 0.3) is 0 Å². The number of rotatable bonds is 8. The fourth-order valence-corrected chi connectivity index (χ4v) is 11.7. The summed E-state index contributed by atoms with van der Waals surface area (Å²) < 4.78 is 12.5. The van der Waals surface area contributed by atoms with Gasteiger partial charge in [0.15, 0.2) is 0 Å². The first kappa shape index (κ1) is 34.7. The molecule has 0 amide bonds. The van der Waals surface area contributed by atoms with Crippen LogP contribution in [0.15, 0.2) is 48.5 Å². The number of hydrogen-bond acceptors (Lipinski definition) is 2. The minimum absolute atomic E-state index is 0.158. The predicted molar refractivity (Wildman–Crippen MR) is 208 cm³/mol. The van der Waals surface area contributed by atoms with Gasteiger partial charge in [-0.2, -0.15) is 0 Å². The summed E-state index contributed by atoms with van der Waals surface area (Å²) in [5.74, 6) is 9.14. The lowest BCUT2D eigenvalue weighted by Crippen LogP contribution is -2.54. The molecule has 0 spiro atoms. The fraction of sp³-hybridized carbons (Fsp3) is 0.500. The quantitative estimate of drug-likeness (QED) is 0.175. The van der Waals surface area contributed by atoms with E-state index in [1.807, 2.05) is 14.2 Å². The molecule has 1 unspecified atom stereocenters. The average molecular weight is 673 g/mol. The van der Waals surface area contributed by atoms with Gasteiger partial charge in [-0.3, -0.25) is 0 Å². The highest BCUT2D eigenvalue weighted by Crippen LogP contribution is 2.85. The first-order valence-corrected chi connectivity index (χ1v) is 25.3. The maximum Gasteiger partial charge on any atom is 0.134 e. The van der Waals surface area contributed by atoms with E-state index >= 15 is 0 Å². The molecule has 0 radical (unpaired) electrons. The number of methoxy groups -OCH3 is 2. The molecule has 0 fully saturated rings. The van der Waals surface area contributed by atoms with Crippen molar-refractivity contribution < 1.29 is 9.47 Å². The van der Waals surface area contributed by atoms with Crippen LogP contribution >= 0.6 is 0 Å². The lowest BCUT2D eigenvalue weighted by Gasteiger charge is -2.53. The Morgan fingerprint density at radius 1 is 0.542 bits per heavy atom. The van der Waals surface area contributed by atoms with Gasteiger partial charge < -0.3 is 9.47 Å². The van der Waals surface area contributed by atoms with Crippen LogP contribution in [0.2, 0.25) is 39.3 Å². The zero-order valence-corrected chi connectivity index (χ0v) is 33.7. The second kappa shape index (κ2) is 11.7. The monoisotopic (exact) mass is 672 g/mol. The summed E-state index contributed by atoms with van der Waals surface area (Å²) in [7, 11) is 0.392. The summed E-state index contributed by atoms with van der Waals surface area (Å²) in [4.78, 5) is 0. The van der Waals surface area contributed by atoms with Crippen LogP contribution in [0, 0.1) is 28.3 Å². The van der Waals surface area contributed by atoms with Gasteiger partial charge in [0, 0.05) is 21.7 Å². The Labute approximate surface area is 293 Å². The van der Waals surface area contributed by atoms with E-state index in [0.29, 0.717) is 0 Å². The molecular formula is C44H56O2Si2. The zero-order valence-electron chi connectivity index (χ0n) is 31.7. The highest BCUT2D eigenvalue weighted by molar-refractivity contribution is 6.84. The number of fused-ring (bicyclic) bond motifs is 9. The molecule has 4 atom stereocenters. The molecule has 4 heteroatoms. The molecule has 0 aromatic heterocycles. The van der Waals surface area contributed by atoms with Crippen LogP contribution in [0.3, 0.4) is 0 Å². The Bertz CT molecular complexity index is 1900. The summed E-state index contributed by atoms with van der Waals surface area (Å²) in [6, 6.07) is 19.3. The van der Waals surface area contributed by atoms with E-state index in [2.05, 4.69) is 138 Å². The molecule has 3 aliphatic carbocycles. The van der Waals surface area contributed by atoms with Crippen molar-refractivity contribution in [3.8, 4) is 34.4 Å². The standard InChI is InChI=1S/C44H56O2Si2/c1-13-22-42-33-18-16-17-19-34(33)43(23-14-2)37-29-39(45-5)32(21-26-48(10,11)12)28-36(37)44(24-15-3,41(42,43)4)38-30-40(46-6)31(27-35(38)42)20-25-47(7,8)9/h16-19,27-30H,13-15,22-24H2,1-12H3/t41?,42-,43+,44+/m0/s1. The molecule has 3 aromatic carbocycles. The van der Waals surface area contributed by atoms with Crippen molar-refractivity contribution in [2.24, 2.45) is 5.41 Å². The number of hydrogen-bond donors (Lipinski definition) is 0. The van der Waals surface area contributed by atoms with Gasteiger partial charge in [0.1, 0.15) is 27.6 Å². The van der Waals surface area contributed by atoms with Gasteiger partial charge in [-0.05, 0) is 76.9 Å². The molecule has 0 aliphatic heterocycles. The van der Waals surface area contributed by atoms with Crippen molar-refractivity contribution in [1.82, 2.24) is 0 Å². The summed E-state index contributed by atoms with van der Waals surface area (Å²) >= 11 is 0. The first-order chi connectivity index (χ1) is 22.7. The average Bonchev–Trinajstić information content (AvgIpc) is 3.43. The van der Waals surface area contributed by atoms with Crippen molar-refractivity contribution in [3.05, 3.63) is 93.0 Å². The minimum atomic E-state index is -1.63. The van der Waals surface area contributed by atoms with Gasteiger partial charge in [-0.15, -0.1) is 11.1 Å². The molecule has 0 N–H and O–H groups in total. The van der Waals surface area contributed by atoms with Crippen LogP contribution in [-0.4, -0.2) is 30.4 Å². The molecule has 0 heterocycles. The SMILES string of the molecule is CCC[C@]12c3ccccc3[C@]3(CCC)c4cc(OC)c(C#C[Si](C)(C)C)cc4[C@](CCC)(c4cc(OC)c(C#C[Si](C)(C)C)cc41)C23C. The maximum absolute atomic E-state index is 6.25. The van der Waals surface area contributed by atoms with Crippen LogP contribution < -0.4 is 9.47 Å². The smallest absolute Gasteiger partial charge is 0.134 e. The highest BCUT2D eigenvalue weighted by atomic mass is 28.3. The van der Waals surface area contributed by atoms with Gasteiger partial charge in [-0.1, -0.05) is 122 Å². The molecule has 48 heavy (non-hydrogen) atoms. The number of ether oxygens (including phenoxy) is 2. The predicted octanol–water partition coefficient (Wildman–Crippen LogP) is 10.8. The Kier molecular flexibility index (Phi) is 8.46. The first-order valence-electron chi connectivity index (χ1n) is 18.3. The molecule has 0 saturated carbocycles. The zero-order chi connectivity index (χ0) is 34.9. The highest BCUT2D eigenvalue weighted by Gasteiger charge is 2.82. The van der Waals surface area contributed by atoms with E-state index in [-0.39, 0.29) is 21.7 Å². The van der Waals surface area contributed by atoms with E-state index in [1.165, 1.54) is 33.4 Å². The van der Waals surface area contributed by atoms with E-state index in [9.17, 15) is 0 Å².